The minimum Gasteiger partial charge on any atom is -0.328 e. The molecule has 0 unspecified atom stereocenters. The van der Waals surface area contributed by atoms with Crippen molar-refractivity contribution in [2.75, 3.05) is 0 Å². The summed E-state index contributed by atoms with van der Waals surface area (Å²) in [5.74, 6) is -0.239. The number of aryl methyl sites for hydroxylation is 1. The molecule has 2 nitrogen and oxygen atoms in total. The van der Waals surface area contributed by atoms with Crippen molar-refractivity contribution < 1.29 is 4.39 Å². The Kier molecular flexibility index (Phi) is 2.07. The quantitative estimate of drug-likeness (QED) is 0.752. The number of aromatic nitrogens is 2. The minimum atomic E-state index is -0.239. The normalized spacial score (nSPS) is 11.0. The smallest absolute Gasteiger partial charge is 0.163 e. The highest BCUT2D eigenvalue weighted by Gasteiger charge is 2.09. The molecule has 0 aliphatic heterocycles. The zero-order chi connectivity index (χ0) is 9.42. The molecular weight excluding hydrogens is 235 g/mol. The van der Waals surface area contributed by atoms with E-state index in [0.29, 0.717) is 15.5 Å². The van der Waals surface area contributed by atoms with E-state index in [1.807, 2.05) is 6.92 Å². The summed E-state index contributed by atoms with van der Waals surface area (Å²) in [6, 6.07) is 3.47. The topological polar surface area (TPSA) is 17.8 Å². The molecule has 2 rings (SSSR count). The second kappa shape index (κ2) is 3.10. The highest BCUT2D eigenvalue weighted by atomic mass is 79.9. The van der Waals surface area contributed by atoms with E-state index in [-0.39, 0.29) is 5.82 Å². The van der Waals surface area contributed by atoms with Gasteiger partial charge in [0.15, 0.2) is 5.82 Å². The minimum absolute atomic E-state index is 0.239. The highest BCUT2D eigenvalue weighted by molar-refractivity contribution is 9.10. The lowest BCUT2D eigenvalue weighted by Gasteiger charge is -2.00. The molecule has 0 spiro atoms. The number of rotatable bonds is 1. The first-order valence-electron chi connectivity index (χ1n) is 4.03. The molecule has 0 aliphatic rings. The summed E-state index contributed by atoms with van der Waals surface area (Å²) in [6.45, 7) is 2.69. The number of hydrogen-bond acceptors (Lipinski definition) is 1. The number of nitrogens with zero attached hydrogens (tertiary/aromatic N) is 2. The van der Waals surface area contributed by atoms with Crippen LogP contribution in [0.1, 0.15) is 6.92 Å². The van der Waals surface area contributed by atoms with Crippen LogP contribution in [0.25, 0.3) is 11.0 Å². The van der Waals surface area contributed by atoms with Gasteiger partial charge in [-0.3, -0.25) is 0 Å². The Bertz CT molecular complexity index is 450. The van der Waals surface area contributed by atoms with Gasteiger partial charge in [-0.1, -0.05) is 0 Å². The van der Waals surface area contributed by atoms with E-state index in [4.69, 9.17) is 0 Å². The van der Waals surface area contributed by atoms with Crippen LogP contribution in [0.4, 0.5) is 4.39 Å². The number of fused-ring (bicyclic) bond motifs is 1. The molecule has 0 fully saturated rings. The van der Waals surface area contributed by atoms with Crippen LogP contribution in [0.3, 0.4) is 0 Å². The van der Waals surface area contributed by atoms with Crippen molar-refractivity contribution in [1.29, 1.82) is 0 Å². The summed E-state index contributed by atoms with van der Waals surface area (Å²) in [4.78, 5) is 4.09. The van der Waals surface area contributed by atoms with Gasteiger partial charge in [-0.25, -0.2) is 9.37 Å². The van der Waals surface area contributed by atoms with Crippen LogP contribution in [-0.2, 0) is 6.54 Å². The molecule has 68 valence electrons. The van der Waals surface area contributed by atoms with Gasteiger partial charge < -0.3 is 4.57 Å². The largest absolute Gasteiger partial charge is 0.328 e. The second-order valence-electron chi connectivity index (χ2n) is 2.76. The molecule has 4 heteroatoms. The first kappa shape index (κ1) is 8.69. The van der Waals surface area contributed by atoms with Crippen LogP contribution in [0.2, 0.25) is 0 Å². The van der Waals surface area contributed by atoms with Gasteiger partial charge in [0.05, 0.1) is 16.3 Å². The fraction of sp³-hybridized carbons (Fsp3) is 0.222. The van der Waals surface area contributed by atoms with Crippen molar-refractivity contribution in [1.82, 2.24) is 9.55 Å². The molecule has 0 amide bonds. The molecule has 0 N–H and O–H groups in total. The number of halogens is 2. The van der Waals surface area contributed by atoms with Crippen LogP contribution >= 0.6 is 15.9 Å². The van der Waals surface area contributed by atoms with Crippen molar-refractivity contribution in [2.24, 2.45) is 0 Å². The van der Waals surface area contributed by atoms with E-state index in [2.05, 4.69) is 20.9 Å². The van der Waals surface area contributed by atoms with Crippen LogP contribution in [0.5, 0.6) is 0 Å². The first-order valence-corrected chi connectivity index (χ1v) is 4.82. The SMILES string of the molecule is CCn1cnc2ccc(Br)c(F)c21. The summed E-state index contributed by atoms with van der Waals surface area (Å²) in [5, 5.41) is 0. The van der Waals surface area contributed by atoms with Gasteiger partial charge in [-0.2, -0.15) is 0 Å². The summed E-state index contributed by atoms with van der Waals surface area (Å²) >= 11 is 3.15. The Balaban J connectivity index is 2.85. The maximum atomic E-state index is 13.6. The van der Waals surface area contributed by atoms with Crippen LogP contribution in [0.15, 0.2) is 22.9 Å². The highest BCUT2D eigenvalue weighted by Crippen LogP contribution is 2.23. The Morgan fingerprint density at radius 1 is 1.54 bits per heavy atom. The average molecular weight is 243 g/mol. The van der Waals surface area contributed by atoms with E-state index < -0.39 is 0 Å². The molecule has 0 saturated heterocycles. The van der Waals surface area contributed by atoms with Crippen molar-refractivity contribution in [2.45, 2.75) is 13.5 Å². The van der Waals surface area contributed by atoms with E-state index in [9.17, 15) is 4.39 Å². The van der Waals surface area contributed by atoms with Crippen LogP contribution in [-0.4, -0.2) is 9.55 Å². The Morgan fingerprint density at radius 2 is 2.31 bits per heavy atom. The van der Waals surface area contributed by atoms with Gasteiger partial charge in [0.25, 0.3) is 0 Å². The molecule has 0 bridgehead atoms. The Hall–Kier alpha value is -0.900. The van der Waals surface area contributed by atoms with Crippen molar-refractivity contribution in [3.63, 3.8) is 0 Å². The van der Waals surface area contributed by atoms with E-state index in [0.717, 1.165) is 6.54 Å². The summed E-state index contributed by atoms with van der Waals surface area (Å²) < 4.78 is 15.8. The molecule has 1 aromatic carbocycles. The van der Waals surface area contributed by atoms with E-state index >= 15 is 0 Å². The van der Waals surface area contributed by atoms with Gasteiger partial charge in [0.2, 0.25) is 0 Å². The zero-order valence-corrected chi connectivity index (χ0v) is 8.68. The molecule has 0 radical (unpaired) electrons. The third kappa shape index (κ3) is 1.25. The molecule has 2 aromatic rings. The third-order valence-electron chi connectivity index (χ3n) is 2.01. The zero-order valence-electron chi connectivity index (χ0n) is 7.09. The van der Waals surface area contributed by atoms with Gasteiger partial charge >= 0.3 is 0 Å². The molecule has 0 atom stereocenters. The Morgan fingerprint density at radius 3 is 3.00 bits per heavy atom. The third-order valence-corrected chi connectivity index (χ3v) is 2.62. The van der Waals surface area contributed by atoms with Gasteiger partial charge in [-0.15, -0.1) is 0 Å². The molecule has 0 saturated carbocycles. The number of hydrogen-bond donors (Lipinski definition) is 0. The fourth-order valence-corrected chi connectivity index (χ4v) is 1.66. The monoisotopic (exact) mass is 242 g/mol. The van der Waals surface area contributed by atoms with E-state index in [1.165, 1.54) is 0 Å². The molecule has 0 aliphatic carbocycles. The molecule has 1 aromatic heterocycles. The lowest BCUT2D eigenvalue weighted by Crippen LogP contribution is -1.93. The molecular formula is C9H8BrFN2. The lowest BCUT2D eigenvalue weighted by atomic mass is 10.3. The number of benzene rings is 1. The van der Waals surface area contributed by atoms with Gasteiger partial charge in [0.1, 0.15) is 5.52 Å². The number of imidazole rings is 1. The van der Waals surface area contributed by atoms with Crippen molar-refractivity contribution in [3.8, 4) is 0 Å². The second-order valence-corrected chi connectivity index (χ2v) is 3.61. The van der Waals surface area contributed by atoms with Crippen molar-refractivity contribution in [3.05, 3.63) is 28.7 Å². The lowest BCUT2D eigenvalue weighted by molar-refractivity contribution is 0.620. The van der Waals surface area contributed by atoms with E-state index in [1.54, 1.807) is 23.0 Å². The molecule has 13 heavy (non-hydrogen) atoms. The maximum Gasteiger partial charge on any atom is 0.163 e. The standard InChI is InChI=1S/C9H8BrFN2/c1-2-13-5-12-7-4-3-6(10)8(11)9(7)13/h3-5H,2H2,1H3. The van der Waals surface area contributed by atoms with Gasteiger partial charge in [0, 0.05) is 6.54 Å². The molecule has 1 heterocycles. The maximum absolute atomic E-state index is 13.6. The fourth-order valence-electron chi connectivity index (χ4n) is 1.34. The van der Waals surface area contributed by atoms with Gasteiger partial charge in [-0.05, 0) is 35.0 Å². The van der Waals surface area contributed by atoms with Crippen LogP contribution < -0.4 is 0 Å². The van der Waals surface area contributed by atoms with Crippen molar-refractivity contribution >= 4 is 27.0 Å². The predicted octanol–water partition coefficient (Wildman–Crippen LogP) is 2.96. The summed E-state index contributed by atoms with van der Waals surface area (Å²) in [6.07, 6.45) is 1.65. The summed E-state index contributed by atoms with van der Waals surface area (Å²) in [5.41, 5.74) is 1.26. The predicted molar refractivity (Wildman–Crippen MR) is 53.1 cm³/mol. The van der Waals surface area contributed by atoms with Crippen LogP contribution in [0, 0.1) is 5.82 Å². The average Bonchev–Trinajstić information content (AvgIpc) is 2.55. The summed E-state index contributed by atoms with van der Waals surface area (Å²) in [7, 11) is 0. The first-order chi connectivity index (χ1) is 6.24. The Labute approximate surface area is 83.5 Å².